The minimum absolute atomic E-state index is 0.189. The van der Waals surface area contributed by atoms with Gasteiger partial charge in [0.1, 0.15) is 0 Å². The standard InChI is InChI=1S/C8H15N3O/c1-8(10-3-5-12)6-11-4-2-9-7-11/h2,4,7-8,10,12H,3,5-6H2,1H3. The van der Waals surface area contributed by atoms with Crippen molar-refractivity contribution >= 4 is 0 Å². The third kappa shape index (κ3) is 3.02. The van der Waals surface area contributed by atoms with Gasteiger partial charge in [0.25, 0.3) is 0 Å². The predicted molar refractivity (Wildman–Crippen MR) is 46.8 cm³/mol. The lowest BCUT2D eigenvalue weighted by Gasteiger charge is -2.12. The second kappa shape index (κ2) is 4.90. The monoisotopic (exact) mass is 169 g/mol. The molecule has 12 heavy (non-hydrogen) atoms. The van der Waals surface area contributed by atoms with Crippen molar-refractivity contribution in [2.75, 3.05) is 13.2 Å². The summed E-state index contributed by atoms with van der Waals surface area (Å²) in [5.41, 5.74) is 0. The Balaban J connectivity index is 2.22. The first-order valence-electron chi connectivity index (χ1n) is 4.13. The van der Waals surface area contributed by atoms with Crippen LogP contribution in [0.3, 0.4) is 0 Å². The molecule has 4 heteroatoms. The summed E-state index contributed by atoms with van der Waals surface area (Å²) in [6, 6.07) is 0.367. The Kier molecular flexibility index (Phi) is 3.76. The summed E-state index contributed by atoms with van der Waals surface area (Å²) in [6.45, 7) is 3.81. The molecule has 0 aliphatic heterocycles. The Morgan fingerprint density at radius 3 is 3.08 bits per heavy atom. The van der Waals surface area contributed by atoms with E-state index in [1.807, 2.05) is 10.8 Å². The minimum Gasteiger partial charge on any atom is -0.395 e. The van der Waals surface area contributed by atoms with Crippen molar-refractivity contribution < 1.29 is 5.11 Å². The van der Waals surface area contributed by atoms with Crippen LogP contribution in [0.5, 0.6) is 0 Å². The Morgan fingerprint density at radius 1 is 1.67 bits per heavy atom. The van der Waals surface area contributed by atoms with Crippen molar-refractivity contribution in [3.63, 3.8) is 0 Å². The van der Waals surface area contributed by atoms with Crippen molar-refractivity contribution in [2.24, 2.45) is 0 Å². The topological polar surface area (TPSA) is 50.1 Å². The van der Waals surface area contributed by atoms with Gasteiger partial charge in [-0.25, -0.2) is 4.98 Å². The average molecular weight is 169 g/mol. The molecule has 0 saturated heterocycles. The van der Waals surface area contributed by atoms with Gasteiger partial charge in [-0.15, -0.1) is 0 Å². The van der Waals surface area contributed by atoms with Gasteiger partial charge in [-0.2, -0.15) is 0 Å². The summed E-state index contributed by atoms with van der Waals surface area (Å²) < 4.78 is 2.01. The molecule has 1 heterocycles. The van der Waals surface area contributed by atoms with Crippen LogP contribution in [0.15, 0.2) is 18.7 Å². The molecule has 2 N–H and O–H groups in total. The molecule has 0 bridgehead atoms. The van der Waals surface area contributed by atoms with Crippen molar-refractivity contribution in [3.05, 3.63) is 18.7 Å². The van der Waals surface area contributed by atoms with Gasteiger partial charge in [-0.05, 0) is 6.92 Å². The van der Waals surface area contributed by atoms with Crippen LogP contribution in [-0.2, 0) is 6.54 Å². The van der Waals surface area contributed by atoms with Crippen molar-refractivity contribution in [1.29, 1.82) is 0 Å². The Morgan fingerprint density at radius 2 is 2.50 bits per heavy atom. The predicted octanol–water partition coefficient (Wildman–Crippen LogP) is -0.147. The summed E-state index contributed by atoms with van der Waals surface area (Å²) in [4.78, 5) is 3.94. The zero-order valence-corrected chi connectivity index (χ0v) is 7.27. The summed E-state index contributed by atoms with van der Waals surface area (Å²) in [5.74, 6) is 0. The van der Waals surface area contributed by atoms with Crippen molar-refractivity contribution in [3.8, 4) is 0 Å². The molecule has 1 aromatic heterocycles. The highest BCUT2D eigenvalue weighted by atomic mass is 16.3. The molecule has 68 valence electrons. The first-order valence-corrected chi connectivity index (χ1v) is 4.13. The van der Waals surface area contributed by atoms with E-state index in [1.54, 1.807) is 12.5 Å². The van der Waals surface area contributed by atoms with Crippen LogP contribution in [0, 0.1) is 0 Å². The van der Waals surface area contributed by atoms with Crippen LogP contribution in [0.2, 0.25) is 0 Å². The van der Waals surface area contributed by atoms with Crippen LogP contribution < -0.4 is 5.32 Å². The summed E-state index contributed by atoms with van der Waals surface area (Å²) in [6.07, 6.45) is 5.48. The molecule has 0 aliphatic carbocycles. The number of nitrogens with zero attached hydrogens (tertiary/aromatic N) is 2. The minimum atomic E-state index is 0.189. The van der Waals surface area contributed by atoms with Crippen molar-refractivity contribution in [1.82, 2.24) is 14.9 Å². The first-order chi connectivity index (χ1) is 5.83. The molecule has 0 aliphatic rings. The fourth-order valence-electron chi connectivity index (χ4n) is 1.09. The van der Waals surface area contributed by atoms with Crippen LogP contribution in [0.4, 0.5) is 0 Å². The van der Waals surface area contributed by atoms with Gasteiger partial charge in [0.15, 0.2) is 0 Å². The Bertz CT molecular complexity index is 198. The lowest BCUT2D eigenvalue weighted by atomic mass is 10.3. The Hall–Kier alpha value is -0.870. The number of nitrogens with one attached hydrogen (secondary N) is 1. The van der Waals surface area contributed by atoms with Gasteiger partial charge in [0, 0.05) is 31.5 Å². The van der Waals surface area contributed by atoms with Crippen LogP contribution in [-0.4, -0.2) is 33.9 Å². The number of hydrogen-bond acceptors (Lipinski definition) is 3. The van der Waals surface area contributed by atoms with Gasteiger partial charge in [-0.3, -0.25) is 0 Å². The van der Waals surface area contributed by atoms with Crippen LogP contribution >= 0.6 is 0 Å². The summed E-state index contributed by atoms with van der Waals surface area (Å²) in [7, 11) is 0. The van der Waals surface area contributed by atoms with E-state index in [1.165, 1.54) is 0 Å². The van der Waals surface area contributed by atoms with Gasteiger partial charge in [0.2, 0.25) is 0 Å². The highest BCUT2D eigenvalue weighted by Crippen LogP contribution is 1.90. The van der Waals surface area contributed by atoms with Crippen LogP contribution in [0.1, 0.15) is 6.92 Å². The van der Waals surface area contributed by atoms with Crippen LogP contribution in [0.25, 0.3) is 0 Å². The number of rotatable bonds is 5. The SMILES string of the molecule is CC(Cn1ccnc1)NCCO. The number of aromatic nitrogens is 2. The quantitative estimate of drug-likeness (QED) is 0.644. The number of imidazole rings is 1. The maximum atomic E-state index is 8.56. The molecule has 4 nitrogen and oxygen atoms in total. The van der Waals surface area contributed by atoms with Crippen molar-refractivity contribution in [2.45, 2.75) is 19.5 Å². The molecular formula is C8H15N3O. The third-order valence-corrected chi connectivity index (χ3v) is 1.65. The summed E-state index contributed by atoms with van der Waals surface area (Å²) >= 11 is 0. The third-order valence-electron chi connectivity index (χ3n) is 1.65. The molecule has 0 radical (unpaired) electrons. The molecular weight excluding hydrogens is 154 g/mol. The molecule has 0 aromatic carbocycles. The number of hydrogen-bond donors (Lipinski definition) is 2. The molecule has 0 saturated carbocycles. The second-order valence-electron chi connectivity index (χ2n) is 2.84. The maximum Gasteiger partial charge on any atom is 0.0946 e. The smallest absolute Gasteiger partial charge is 0.0946 e. The van der Waals surface area contributed by atoms with Gasteiger partial charge >= 0.3 is 0 Å². The molecule has 0 amide bonds. The van der Waals surface area contributed by atoms with E-state index in [0.717, 1.165) is 6.54 Å². The van der Waals surface area contributed by atoms with Gasteiger partial charge < -0.3 is 15.0 Å². The molecule has 1 aromatic rings. The van der Waals surface area contributed by atoms with E-state index in [2.05, 4.69) is 17.2 Å². The van der Waals surface area contributed by atoms with E-state index < -0.39 is 0 Å². The molecule has 1 unspecified atom stereocenters. The average Bonchev–Trinajstić information content (AvgIpc) is 2.53. The highest BCUT2D eigenvalue weighted by molar-refractivity contribution is 4.76. The normalized spacial score (nSPS) is 13.2. The van der Waals surface area contributed by atoms with E-state index >= 15 is 0 Å². The number of aliphatic hydroxyl groups is 1. The van der Waals surface area contributed by atoms with E-state index in [4.69, 9.17) is 5.11 Å². The highest BCUT2D eigenvalue weighted by Gasteiger charge is 1.99. The largest absolute Gasteiger partial charge is 0.395 e. The number of aliphatic hydroxyl groups excluding tert-OH is 1. The lowest BCUT2D eigenvalue weighted by Crippen LogP contribution is -2.32. The second-order valence-corrected chi connectivity index (χ2v) is 2.84. The lowest BCUT2D eigenvalue weighted by molar-refractivity contribution is 0.282. The zero-order chi connectivity index (χ0) is 8.81. The van der Waals surface area contributed by atoms with Gasteiger partial charge in [0.05, 0.1) is 12.9 Å². The van der Waals surface area contributed by atoms with Gasteiger partial charge in [-0.1, -0.05) is 0 Å². The molecule has 0 spiro atoms. The van der Waals surface area contributed by atoms with E-state index in [0.29, 0.717) is 12.6 Å². The van der Waals surface area contributed by atoms with E-state index in [9.17, 15) is 0 Å². The first kappa shape index (κ1) is 9.22. The summed E-state index contributed by atoms with van der Waals surface area (Å²) in [5, 5.41) is 11.7. The molecule has 1 rings (SSSR count). The fourth-order valence-corrected chi connectivity index (χ4v) is 1.09. The fraction of sp³-hybridized carbons (Fsp3) is 0.625. The molecule has 1 atom stereocenters. The maximum absolute atomic E-state index is 8.56. The zero-order valence-electron chi connectivity index (χ0n) is 7.27. The van der Waals surface area contributed by atoms with E-state index in [-0.39, 0.29) is 6.61 Å². The Labute approximate surface area is 72.2 Å². The molecule has 0 fully saturated rings.